The van der Waals surface area contributed by atoms with E-state index in [1.165, 1.54) is 0 Å². The number of Topliss-reactive ketones (excluding diaryl/α,β-unsaturated/α-hetero) is 1. The Kier molecular flexibility index (Phi) is 2.82. The molecule has 3 rings (SSSR count). The molecule has 0 unspecified atom stereocenters. The van der Waals surface area contributed by atoms with Crippen molar-refractivity contribution in [2.24, 2.45) is 5.92 Å². The summed E-state index contributed by atoms with van der Waals surface area (Å²) in [5, 5.41) is 4.36. The first kappa shape index (κ1) is 11.7. The fourth-order valence-corrected chi connectivity index (χ4v) is 2.70. The Morgan fingerprint density at radius 3 is 2.72 bits per heavy atom. The first-order chi connectivity index (χ1) is 8.65. The third kappa shape index (κ3) is 1.90. The van der Waals surface area contributed by atoms with Crippen molar-refractivity contribution in [2.75, 3.05) is 0 Å². The fraction of sp³-hybridized carbons (Fsp3) is 0.286. The van der Waals surface area contributed by atoms with E-state index in [0.29, 0.717) is 12.3 Å². The number of ketones is 1. The normalized spacial score (nSPS) is 18.8. The zero-order valence-electron chi connectivity index (χ0n) is 10.1. The minimum absolute atomic E-state index is 0.215. The van der Waals surface area contributed by atoms with Crippen LogP contribution < -0.4 is 0 Å². The zero-order valence-corrected chi connectivity index (χ0v) is 11.6. The molecule has 2 aromatic rings. The molecule has 1 aromatic heterocycles. The second kappa shape index (κ2) is 4.35. The van der Waals surface area contributed by atoms with Crippen molar-refractivity contribution in [3.63, 3.8) is 0 Å². The quantitative estimate of drug-likeness (QED) is 0.809. The topological polar surface area (TPSA) is 34.9 Å². The van der Waals surface area contributed by atoms with E-state index >= 15 is 0 Å². The molecule has 3 nitrogen and oxygen atoms in total. The van der Waals surface area contributed by atoms with Crippen LogP contribution in [0.4, 0.5) is 0 Å². The van der Waals surface area contributed by atoms with Crippen molar-refractivity contribution in [3.8, 4) is 5.69 Å². The van der Waals surface area contributed by atoms with Crippen LogP contribution in [0.15, 0.2) is 34.9 Å². The molecule has 1 atom stereocenters. The van der Waals surface area contributed by atoms with Gasteiger partial charge in [0.05, 0.1) is 23.1 Å². The lowest BCUT2D eigenvalue weighted by molar-refractivity contribution is 0.0953. The fourth-order valence-electron chi connectivity index (χ4n) is 2.44. The Morgan fingerprint density at radius 2 is 2.00 bits per heavy atom. The number of hydrogen-bond donors (Lipinski definition) is 0. The number of fused-ring (bicyclic) bond motifs is 1. The Hall–Kier alpha value is -1.42. The highest BCUT2D eigenvalue weighted by Crippen LogP contribution is 2.27. The Morgan fingerprint density at radius 1 is 1.28 bits per heavy atom. The highest BCUT2D eigenvalue weighted by molar-refractivity contribution is 9.10. The number of carbonyl (C=O) groups excluding carboxylic acids is 1. The van der Waals surface area contributed by atoms with Gasteiger partial charge in [0.2, 0.25) is 0 Å². The molecule has 1 aromatic carbocycles. The predicted molar refractivity (Wildman–Crippen MR) is 73.1 cm³/mol. The highest BCUT2D eigenvalue weighted by Gasteiger charge is 2.26. The molecule has 1 heterocycles. The standard InChI is InChI=1S/C14H13BrN2O/c1-9-6-13-12(14(18)7-9)8-16-17(13)11-4-2-10(15)3-5-11/h2-5,8-9H,6-7H2,1H3/t9-/m1/s1. The number of carbonyl (C=O) groups is 1. The van der Waals surface area contributed by atoms with E-state index in [1.807, 2.05) is 28.9 Å². The summed E-state index contributed by atoms with van der Waals surface area (Å²) in [6, 6.07) is 7.97. The molecule has 0 radical (unpaired) electrons. The van der Waals surface area contributed by atoms with E-state index in [9.17, 15) is 4.79 Å². The predicted octanol–water partition coefficient (Wildman–Crippen LogP) is 3.40. The third-order valence-corrected chi connectivity index (χ3v) is 3.84. The van der Waals surface area contributed by atoms with Crippen LogP contribution in [0.5, 0.6) is 0 Å². The maximum Gasteiger partial charge on any atom is 0.166 e. The molecule has 4 heteroatoms. The molecular weight excluding hydrogens is 292 g/mol. The first-order valence-corrected chi connectivity index (χ1v) is 6.80. The molecule has 1 aliphatic carbocycles. The summed E-state index contributed by atoms with van der Waals surface area (Å²) in [4.78, 5) is 11.9. The minimum atomic E-state index is 0.215. The SMILES string of the molecule is C[C@H]1CC(=O)c2cnn(-c3ccc(Br)cc3)c2C1. The molecular formula is C14H13BrN2O. The van der Waals surface area contributed by atoms with Crippen molar-refractivity contribution in [1.29, 1.82) is 0 Å². The van der Waals surface area contributed by atoms with Crippen LogP contribution in [0.25, 0.3) is 5.69 Å². The molecule has 92 valence electrons. The second-order valence-electron chi connectivity index (χ2n) is 4.83. The summed E-state index contributed by atoms with van der Waals surface area (Å²) in [6.45, 7) is 2.11. The van der Waals surface area contributed by atoms with E-state index in [2.05, 4.69) is 28.0 Å². The molecule has 0 amide bonds. The minimum Gasteiger partial charge on any atom is -0.294 e. The van der Waals surface area contributed by atoms with Crippen LogP contribution in [0, 0.1) is 5.92 Å². The van der Waals surface area contributed by atoms with Gasteiger partial charge in [-0.3, -0.25) is 4.79 Å². The number of nitrogens with zero attached hydrogens (tertiary/aromatic N) is 2. The molecule has 0 aliphatic heterocycles. The summed E-state index contributed by atoms with van der Waals surface area (Å²) < 4.78 is 2.92. The number of rotatable bonds is 1. The Balaban J connectivity index is 2.09. The Labute approximate surface area is 114 Å². The number of benzene rings is 1. The molecule has 18 heavy (non-hydrogen) atoms. The zero-order chi connectivity index (χ0) is 12.7. The monoisotopic (exact) mass is 304 g/mol. The van der Waals surface area contributed by atoms with E-state index in [1.54, 1.807) is 6.20 Å². The van der Waals surface area contributed by atoms with E-state index < -0.39 is 0 Å². The van der Waals surface area contributed by atoms with Crippen LogP contribution in [0.1, 0.15) is 29.4 Å². The van der Waals surface area contributed by atoms with Gasteiger partial charge >= 0.3 is 0 Å². The van der Waals surface area contributed by atoms with Gasteiger partial charge in [-0.1, -0.05) is 22.9 Å². The van der Waals surface area contributed by atoms with Crippen molar-refractivity contribution < 1.29 is 4.79 Å². The first-order valence-electron chi connectivity index (χ1n) is 6.01. The van der Waals surface area contributed by atoms with Crippen LogP contribution in [0.3, 0.4) is 0 Å². The van der Waals surface area contributed by atoms with Gasteiger partial charge in [0.15, 0.2) is 5.78 Å². The molecule has 0 N–H and O–H groups in total. The van der Waals surface area contributed by atoms with Gasteiger partial charge in [-0.05, 0) is 36.6 Å². The van der Waals surface area contributed by atoms with Gasteiger partial charge < -0.3 is 0 Å². The summed E-state index contributed by atoms with van der Waals surface area (Å²) in [5.41, 5.74) is 2.83. The van der Waals surface area contributed by atoms with Gasteiger partial charge in [-0.15, -0.1) is 0 Å². The molecule has 0 bridgehead atoms. The average Bonchev–Trinajstić information content (AvgIpc) is 2.74. The lowest BCUT2D eigenvalue weighted by Gasteiger charge is -2.18. The summed E-state index contributed by atoms with van der Waals surface area (Å²) in [5.74, 6) is 0.614. The van der Waals surface area contributed by atoms with Crippen molar-refractivity contribution in [3.05, 3.63) is 46.2 Å². The Bertz CT molecular complexity index is 601. The van der Waals surface area contributed by atoms with Crippen LogP contribution in [-0.4, -0.2) is 15.6 Å². The second-order valence-corrected chi connectivity index (χ2v) is 5.75. The van der Waals surface area contributed by atoms with Crippen molar-refractivity contribution in [1.82, 2.24) is 9.78 Å². The smallest absolute Gasteiger partial charge is 0.166 e. The number of halogens is 1. The number of aromatic nitrogens is 2. The molecule has 0 spiro atoms. The van der Waals surface area contributed by atoms with Crippen LogP contribution in [-0.2, 0) is 6.42 Å². The van der Waals surface area contributed by atoms with E-state index in [-0.39, 0.29) is 5.78 Å². The van der Waals surface area contributed by atoms with Crippen molar-refractivity contribution in [2.45, 2.75) is 19.8 Å². The van der Waals surface area contributed by atoms with Gasteiger partial charge in [0.1, 0.15) is 0 Å². The summed E-state index contributed by atoms with van der Waals surface area (Å²) >= 11 is 3.42. The van der Waals surface area contributed by atoms with Crippen molar-refractivity contribution >= 4 is 21.7 Å². The molecule has 0 fully saturated rings. The van der Waals surface area contributed by atoms with Crippen LogP contribution >= 0.6 is 15.9 Å². The average molecular weight is 305 g/mol. The third-order valence-electron chi connectivity index (χ3n) is 3.32. The summed E-state index contributed by atoms with van der Waals surface area (Å²) in [6.07, 6.45) is 3.25. The van der Waals surface area contributed by atoms with Gasteiger partial charge in [0.25, 0.3) is 0 Å². The van der Waals surface area contributed by atoms with Crippen LogP contribution in [0.2, 0.25) is 0 Å². The van der Waals surface area contributed by atoms with E-state index in [4.69, 9.17) is 0 Å². The van der Waals surface area contributed by atoms with Gasteiger partial charge in [0, 0.05) is 10.9 Å². The van der Waals surface area contributed by atoms with Gasteiger partial charge in [-0.25, -0.2) is 4.68 Å². The lowest BCUT2D eigenvalue weighted by Crippen LogP contribution is -2.19. The van der Waals surface area contributed by atoms with Gasteiger partial charge in [-0.2, -0.15) is 5.10 Å². The maximum absolute atomic E-state index is 11.9. The maximum atomic E-state index is 11.9. The van der Waals surface area contributed by atoms with E-state index in [0.717, 1.165) is 27.8 Å². The molecule has 0 saturated heterocycles. The highest BCUT2D eigenvalue weighted by atomic mass is 79.9. The summed E-state index contributed by atoms with van der Waals surface area (Å²) in [7, 11) is 0. The number of hydrogen-bond acceptors (Lipinski definition) is 2. The largest absolute Gasteiger partial charge is 0.294 e. The molecule has 0 saturated carbocycles. The lowest BCUT2D eigenvalue weighted by atomic mass is 9.88. The molecule has 1 aliphatic rings.